The molecule has 142 valence electrons. The lowest BCUT2D eigenvalue weighted by Gasteiger charge is -2.11. The molecule has 8 heteroatoms. The first kappa shape index (κ1) is 19.9. The number of rotatable bonds is 8. The number of nitro groups is 1. The molecule has 0 fully saturated rings. The first-order valence-electron chi connectivity index (χ1n) is 8.50. The lowest BCUT2D eigenvalue weighted by atomic mass is 10.1. The quantitative estimate of drug-likeness (QED) is 0.488. The van der Waals surface area contributed by atoms with E-state index in [1.807, 2.05) is 44.2 Å². The predicted molar refractivity (Wildman–Crippen MR) is 102 cm³/mol. The van der Waals surface area contributed by atoms with Crippen molar-refractivity contribution >= 4 is 23.2 Å². The highest BCUT2D eigenvalue weighted by atomic mass is 16.6. The molecule has 2 aromatic carbocycles. The number of hydrogen-bond acceptors (Lipinski definition) is 5. The van der Waals surface area contributed by atoms with Gasteiger partial charge in [-0.1, -0.05) is 30.3 Å². The summed E-state index contributed by atoms with van der Waals surface area (Å²) >= 11 is 0. The van der Waals surface area contributed by atoms with Crippen molar-refractivity contribution in [2.24, 2.45) is 0 Å². The standard InChI is InChI=1S/C19H22N4O4/c1-13(2)22-18(24)12-21-19(25)15-8-9-16(17(10-15)23(26)27)20-11-14-6-4-3-5-7-14/h3-10,13,20H,11-12H2,1-2H3,(H,21,25)(H,22,24). The van der Waals surface area contributed by atoms with Crippen LogP contribution in [-0.4, -0.2) is 29.3 Å². The minimum absolute atomic E-state index is 0.0366. The fourth-order valence-corrected chi connectivity index (χ4v) is 2.40. The molecule has 0 aliphatic heterocycles. The van der Waals surface area contributed by atoms with Gasteiger partial charge in [0.25, 0.3) is 11.6 Å². The minimum atomic E-state index is -0.549. The van der Waals surface area contributed by atoms with Crippen LogP contribution in [0.5, 0.6) is 0 Å². The zero-order valence-electron chi connectivity index (χ0n) is 15.2. The summed E-state index contributed by atoms with van der Waals surface area (Å²) in [6.45, 7) is 3.84. The van der Waals surface area contributed by atoms with E-state index in [0.29, 0.717) is 12.2 Å². The first-order chi connectivity index (χ1) is 12.9. The number of nitro benzene ring substituents is 1. The maximum atomic E-state index is 12.2. The fraction of sp³-hybridized carbons (Fsp3) is 0.263. The number of carbonyl (C=O) groups is 2. The number of anilines is 1. The summed E-state index contributed by atoms with van der Waals surface area (Å²) in [6, 6.07) is 13.6. The summed E-state index contributed by atoms with van der Waals surface area (Å²) < 4.78 is 0. The number of benzene rings is 2. The molecular formula is C19H22N4O4. The van der Waals surface area contributed by atoms with Crippen LogP contribution in [0.15, 0.2) is 48.5 Å². The van der Waals surface area contributed by atoms with Crippen molar-refractivity contribution in [1.82, 2.24) is 10.6 Å². The van der Waals surface area contributed by atoms with Crippen molar-refractivity contribution in [2.75, 3.05) is 11.9 Å². The van der Waals surface area contributed by atoms with Gasteiger partial charge in [0, 0.05) is 24.2 Å². The molecule has 0 spiro atoms. The molecule has 0 atom stereocenters. The van der Waals surface area contributed by atoms with Gasteiger partial charge in [-0.25, -0.2) is 0 Å². The second-order valence-corrected chi connectivity index (χ2v) is 6.23. The Morgan fingerprint density at radius 1 is 1.11 bits per heavy atom. The van der Waals surface area contributed by atoms with Crippen LogP contribution in [0.25, 0.3) is 0 Å². The molecule has 2 rings (SSSR count). The lowest BCUT2D eigenvalue weighted by molar-refractivity contribution is -0.384. The van der Waals surface area contributed by atoms with Crippen molar-refractivity contribution in [2.45, 2.75) is 26.4 Å². The van der Waals surface area contributed by atoms with Gasteiger partial charge in [-0.2, -0.15) is 0 Å². The van der Waals surface area contributed by atoms with E-state index < -0.39 is 10.8 Å². The molecule has 2 amide bonds. The molecule has 0 radical (unpaired) electrons. The van der Waals surface area contributed by atoms with E-state index in [-0.39, 0.29) is 29.7 Å². The van der Waals surface area contributed by atoms with Crippen LogP contribution in [0.3, 0.4) is 0 Å². The second kappa shape index (κ2) is 9.33. The van der Waals surface area contributed by atoms with Crippen LogP contribution in [0.1, 0.15) is 29.8 Å². The van der Waals surface area contributed by atoms with Crippen molar-refractivity contribution in [3.8, 4) is 0 Å². The van der Waals surface area contributed by atoms with E-state index in [0.717, 1.165) is 5.56 Å². The molecule has 27 heavy (non-hydrogen) atoms. The van der Waals surface area contributed by atoms with Gasteiger partial charge < -0.3 is 16.0 Å². The van der Waals surface area contributed by atoms with Crippen LogP contribution in [-0.2, 0) is 11.3 Å². The maximum absolute atomic E-state index is 12.2. The summed E-state index contributed by atoms with van der Waals surface area (Å²) in [7, 11) is 0. The van der Waals surface area contributed by atoms with Crippen molar-refractivity contribution in [3.05, 3.63) is 69.8 Å². The average Bonchev–Trinajstić information content (AvgIpc) is 2.64. The maximum Gasteiger partial charge on any atom is 0.293 e. The van der Waals surface area contributed by atoms with Gasteiger partial charge in [-0.15, -0.1) is 0 Å². The first-order valence-corrected chi connectivity index (χ1v) is 8.50. The third-order valence-electron chi connectivity index (χ3n) is 3.64. The third-order valence-corrected chi connectivity index (χ3v) is 3.64. The SMILES string of the molecule is CC(C)NC(=O)CNC(=O)c1ccc(NCc2ccccc2)c([N+](=O)[O-])c1. The van der Waals surface area contributed by atoms with Gasteiger partial charge in [0.05, 0.1) is 11.5 Å². The van der Waals surface area contributed by atoms with Gasteiger partial charge in [-0.05, 0) is 31.5 Å². The summed E-state index contributed by atoms with van der Waals surface area (Å²) in [5.74, 6) is -0.874. The Bertz CT molecular complexity index is 822. The molecule has 0 heterocycles. The smallest absolute Gasteiger partial charge is 0.293 e. The number of carbonyl (C=O) groups excluding carboxylic acids is 2. The van der Waals surface area contributed by atoms with Crippen LogP contribution in [0, 0.1) is 10.1 Å². The fourth-order valence-electron chi connectivity index (χ4n) is 2.40. The molecule has 3 N–H and O–H groups in total. The Morgan fingerprint density at radius 3 is 2.44 bits per heavy atom. The Kier molecular flexibility index (Phi) is 6.87. The molecule has 0 unspecified atom stereocenters. The van der Waals surface area contributed by atoms with Crippen LogP contribution in [0.4, 0.5) is 11.4 Å². The van der Waals surface area contributed by atoms with Crippen molar-refractivity contribution in [1.29, 1.82) is 0 Å². The van der Waals surface area contributed by atoms with Gasteiger partial charge in [-0.3, -0.25) is 19.7 Å². The van der Waals surface area contributed by atoms with Gasteiger partial charge in [0.1, 0.15) is 5.69 Å². The zero-order chi connectivity index (χ0) is 19.8. The van der Waals surface area contributed by atoms with E-state index in [1.54, 1.807) is 0 Å². The molecule has 0 saturated carbocycles. The summed E-state index contributed by atoms with van der Waals surface area (Å²) in [6.07, 6.45) is 0. The Labute approximate surface area is 157 Å². The van der Waals surface area contributed by atoms with Crippen molar-refractivity contribution in [3.63, 3.8) is 0 Å². The Balaban J connectivity index is 2.06. The van der Waals surface area contributed by atoms with Gasteiger partial charge >= 0.3 is 0 Å². The molecule has 0 aliphatic carbocycles. The Morgan fingerprint density at radius 2 is 1.81 bits per heavy atom. The van der Waals surface area contributed by atoms with Crippen LogP contribution in [0.2, 0.25) is 0 Å². The highest BCUT2D eigenvalue weighted by Crippen LogP contribution is 2.26. The zero-order valence-corrected chi connectivity index (χ0v) is 15.2. The molecule has 2 aromatic rings. The second-order valence-electron chi connectivity index (χ2n) is 6.23. The van der Waals surface area contributed by atoms with E-state index >= 15 is 0 Å². The number of hydrogen-bond donors (Lipinski definition) is 3. The molecular weight excluding hydrogens is 348 g/mol. The molecule has 0 aliphatic rings. The normalized spacial score (nSPS) is 10.3. The molecule has 0 bridgehead atoms. The largest absolute Gasteiger partial charge is 0.375 e. The van der Waals surface area contributed by atoms with Crippen LogP contribution < -0.4 is 16.0 Å². The van der Waals surface area contributed by atoms with Crippen LogP contribution >= 0.6 is 0 Å². The highest BCUT2D eigenvalue weighted by molar-refractivity contribution is 5.97. The molecule has 0 aromatic heterocycles. The number of nitrogens with zero attached hydrogens (tertiary/aromatic N) is 1. The molecule has 0 saturated heterocycles. The lowest BCUT2D eigenvalue weighted by Crippen LogP contribution is -2.39. The van der Waals surface area contributed by atoms with Gasteiger partial charge in [0.2, 0.25) is 5.91 Å². The molecule has 8 nitrogen and oxygen atoms in total. The minimum Gasteiger partial charge on any atom is -0.375 e. The summed E-state index contributed by atoms with van der Waals surface area (Å²) in [4.78, 5) is 34.6. The monoisotopic (exact) mass is 370 g/mol. The van der Waals surface area contributed by atoms with Crippen molar-refractivity contribution < 1.29 is 14.5 Å². The van der Waals surface area contributed by atoms with Gasteiger partial charge in [0.15, 0.2) is 0 Å². The third kappa shape index (κ3) is 6.10. The van der Waals surface area contributed by atoms with E-state index in [4.69, 9.17) is 0 Å². The predicted octanol–water partition coefficient (Wildman–Crippen LogP) is 2.46. The highest BCUT2D eigenvalue weighted by Gasteiger charge is 2.18. The average molecular weight is 370 g/mol. The summed E-state index contributed by atoms with van der Waals surface area (Å²) in [5, 5.41) is 19.5. The number of amides is 2. The van der Waals surface area contributed by atoms with E-state index in [1.165, 1.54) is 18.2 Å². The van der Waals surface area contributed by atoms with E-state index in [2.05, 4.69) is 16.0 Å². The number of nitrogens with one attached hydrogen (secondary N) is 3. The van der Waals surface area contributed by atoms with E-state index in [9.17, 15) is 19.7 Å². The topological polar surface area (TPSA) is 113 Å². The summed E-state index contributed by atoms with van der Waals surface area (Å²) in [5.41, 5.74) is 1.21. The Hall–Kier alpha value is -3.42.